The van der Waals surface area contributed by atoms with E-state index < -0.39 is 0 Å². The molecule has 2 aliphatic rings. The summed E-state index contributed by atoms with van der Waals surface area (Å²) in [6.45, 7) is 9.67. The van der Waals surface area contributed by atoms with Crippen LogP contribution in [0, 0.1) is 5.92 Å². The lowest BCUT2D eigenvalue weighted by molar-refractivity contribution is -0.133. The summed E-state index contributed by atoms with van der Waals surface area (Å²) in [4.78, 5) is 24.9. The highest BCUT2D eigenvalue weighted by Crippen LogP contribution is 2.34. The summed E-state index contributed by atoms with van der Waals surface area (Å²) in [6.07, 6.45) is 5.76. The molecule has 4 heterocycles. The predicted octanol–water partition coefficient (Wildman–Crippen LogP) is 5.56. The van der Waals surface area contributed by atoms with Crippen LogP contribution in [0.4, 0.5) is 5.69 Å². The maximum Gasteiger partial charge on any atom is 0.222 e. The predicted molar refractivity (Wildman–Crippen MR) is 150 cm³/mol. The van der Waals surface area contributed by atoms with Crippen molar-refractivity contribution in [2.75, 3.05) is 38.0 Å². The van der Waals surface area contributed by atoms with Crippen LogP contribution in [0.15, 0.2) is 60.9 Å². The summed E-state index contributed by atoms with van der Waals surface area (Å²) in [6, 6.07) is 17.8. The Kier molecular flexibility index (Phi) is 6.43. The first kappa shape index (κ1) is 23.7. The van der Waals surface area contributed by atoms with E-state index in [9.17, 15) is 4.79 Å². The average Bonchev–Trinajstić information content (AvgIpc) is 3.55. The van der Waals surface area contributed by atoms with Crippen molar-refractivity contribution in [3.05, 3.63) is 72.1 Å². The van der Waals surface area contributed by atoms with Crippen LogP contribution in [-0.4, -0.2) is 58.4 Å². The molecule has 0 saturated carbocycles. The highest BCUT2D eigenvalue weighted by molar-refractivity contribution is 5.96. The van der Waals surface area contributed by atoms with Crippen LogP contribution in [-0.2, 0) is 17.8 Å². The minimum atomic E-state index is 0.295. The first-order valence-corrected chi connectivity index (χ1v) is 13.5. The van der Waals surface area contributed by atoms with Crippen molar-refractivity contribution >= 4 is 22.6 Å². The van der Waals surface area contributed by atoms with Gasteiger partial charge in [0.2, 0.25) is 5.91 Å². The van der Waals surface area contributed by atoms with Gasteiger partial charge >= 0.3 is 0 Å². The number of nitrogens with one attached hydrogen (secondary N) is 2. The van der Waals surface area contributed by atoms with Crippen molar-refractivity contribution in [3.63, 3.8) is 0 Å². The van der Waals surface area contributed by atoms with Crippen molar-refractivity contribution in [2.24, 2.45) is 5.92 Å². The number of hydrogen-bond acceptors (Lipinski definition) is 4. The summed E-state index contributed by atoms with van der Waals surface area (Å²) in [7, 11) is 0. The highest BCUT2D eigenvalue weighted by atomic mass is 16.2. The molecule has 1 amide bonds. The SMILES string of the molecule is CC(C)CC(=O)N1CCN(Cc2ccc(-c3cnc4[nH]cc(-c5ccc6c(c5)CCN6)c4c3)cc2)CC1. The lowest BCUT2D eigenvalue weighted by Gasteiger charge is -2.35. The molecule has 0 atom stereocenters. The van der Waals surface area contributed by atoms with Crippen LogP contribution in [0.3, 0.4) is 0 Å². The second-order valence-corrected chi connectivity index (χ2v) is 10.8. The molecule has 2 aliphatic heterocycles. The van der Waals surface area contributed by atoms with Crippen molar-refractivity contribution in [2.45, 2.75) is 33.2 Å². The van der Waals surface area contributed by atoms with E-state index in [0.717, 1.165) is 62.3 Å². The molecule has 0 unspecified atom stereocenters. The van der Waals surface area contributed by atoms with E-state index in [4.69, 9.17) is 4.98 Å². The molecular weight excluding hydrogens is 458 g/mol. The number of fused-ring (bicyclic) bond motifs is 2. The van der Waals surface area contributed by atoms with Crippen LogP contribution >= 0.6 is 0 Å². The molecular formula is C31H35N5O. The van der Waals surface area contributed by atoms with Gasteiger partial charge in [-0.1, -0.05) is 44.2 Å². The molecule has 4 aromatic rings. The van der Waals surface area contributed by atoms with Crippen molar-refractivity contribution in [1.82, 2.24) is 19.8 Å². The molecule has 0 aliphatic carbocycles. The van der Waals surface area contributed by atoms with Crippen molar-refractivity contribution < 1.29 is 4.79 Å². The average molecular weight is 494 g/mol. The topological polar surface area (TPSA) is 64.3 Å². The summed E-state index contributed by atoms with van der Waals surface area (Å²) >= 11 is 0. The first-order chi connectivity index (χ1) is 18.0. The molecule has 6 heteroatoms. The number of nitrogens with zero attached hydrogens (tertiary/aromatic N) is 3. The number of pyridine rings is 1. The van der Waals surface area contributed by atoms with Gasteiger partial charge in [0.05, 0.1) is 0 Å². The molecule has 37 heavy (non-hydrogen) atoms. The fourth-order valence-electron chi connectivity index (χ4n) is 5.57. The van der Waals surface area contributed by atoms with E-state index in [1.807, 2.05) is 11.1 Å². The minimum absolute atomic E-state index is 0.295. The van der Waals surface area contributed by atoms with E-state index in [2.05, 4.69) is 83.8 Å². The Morgan fingerprint density at radius 3 is 2.54 bits per heavy atom. The third-order valence-electron chi connectivity index (χ3n) is 7.66. The van der Waals surface area contributed by atoms with Crippen LogP contribution in [0.2, 0.25) is 0 Å². The molecule has 0 radical (unpaired) electrons. The number of piperazine rings is 1. The zero-order chi connectivity index (χ0) is 25.4. The number of aromatic amines is 1. The number of aromatic nitrogens is 2. The normalized spacial score (nSPS) is 15.8. The van der Waals surface area contributed by atoms with Gasteiger partial charge < -0.3 is 15.2 Å². The maximum absolute atomic E-state index is 12.4. The Morgan fingerprint density at radius 1 is 0.973 bits per heavy atom. The van der Waals surface area contributed by atoms with Gasteiger partial charge in [0, 0.05) is 80.3 Å². The largest absolute Gasteiger partial charge is 0.384 e. The smallest absolute Gasteiger partial charge is 0.222 e. The third kappa shape index (κ3) is 4.98. The molecule has 1 saturated heterocycles. The van der Waals surface area contributed by atoms with Gasteiger partial charge in [-0.2, -0.15) is 0 Å². The van der Waals surface area contributed by atoms with Crippen molar-refractivity contribution in [3.8, 4) is 22.3 Å². The van der Waals surface area contributed by atoms with Gasteiger partial charge in [-0.25, -0.2) is 4.98 Å². The summed E-state index contributed by atoms with van der Waals surface area (Å²) in [5.41, 5.74) is 9.58. The van der Waals surface area contributed by atoms with Crippen molar-refractivity contribution in [1.29, 1.82) is 0 Å². The number of amides is 1. The minimum Gasteiger partial charge on any atom is -0.384 e. The third-order valence-corrected chi connectivity index (χ3v) is 7.66. The Hall–Kier alpha value is -3.64. The molecule has 2 aromatic heterocycles. The second-order valence-electron chi connectivity index (χ2n) is 10.8. The Morgan fingerprint density at radius 2 is 1.76 bits per heavy atom. The van der Waals surface area contributed by atoms with E-state index in [-0.39, 0.29) is 0 Å². The fraction of sp³-hybridized carbons (Fsp3) is 0.355. The standard InChI is InChI=1S/C31H35N5O/c1-21(2)15-30(37)36-13-11-35(12-14-36)20-22-3-5-23(6-4-22)26-17-27-28(19-34-31(27)33-18-26)24-7-8-29-25(16-24)9-10-32-29/h3-8,16-19,21,32H,9-15,20H2,1-2H3,(H,33,34). The van der Waals surface area contributed by atoms with Gasteiger partial charge in [-0.3, -0.25) is 9.69 Å². The van der Waals surface area contributed by atoms with Gasteiger partial charge in [0.1, 0.15) is 5.65 Å². The molecule has 2 N–H and O–H groups in total. The van der Waals surface area contributed by atoms with Crippen LogP contribution in [0.1, 0.15) is 31.4 Å². The first-order valence-electron chi connectivity index (χ1n) is 13.5. The zero-order valence-corrected chi connectivity index (χ0v) is 21.8. The fourth-order valence-corrected chi connectivity index (χ4v) is 5.57. The van der Waals surface area contributed by atoms with E-state index in [0.29, 0.717) is 18.2 Å². The van der Waals surface area contributed by atoms with E-state index in [1.165, 1.54) is 33.5 Å². The lowest BCUT2D eigenvalue weighted by atomic mass is 9.99. The number of benzene rings is 2. The van der Waals surface area contributed by atoms with Gasteiger partial charge in [-0.05, 0) is 52.8 Å². The van der Waals surface area contributed by atoms with Crippen LogP contribution in [0.5, 0.6) is 0 Å². The van der Waals surface area contributed by atoms with E-state index in [1.54, 1.807) is 0 Å². The maximum atomic E-state index is 12.4. The van der Waals surface area contributed by atoms with Gasteiger partial charge in [0.25, 0.3) is 0 Å². The molecule has 2 aromatic carbocycles. The number of hydrogen-bond donors (Lipinski definition) is 2. The monoisotopic (exact) mass is 493 g/mol. The zero-order valence-electron chi connectivity index (χ0n) is 21.8. The van der Waals surface area contributed by atoms with Gasteiger partial charge in [0.15, 0.2) is 0 Å². The molecule has 190 valence electrons. The van der Waals surface area contributed by atoms with Gasteiger partial charge in [-0.15, -0.1) is 0 Å². The second kappa shape index (κ2) is 10.0. The lowest BCUT2D eigenvalue weighted by Crippen LogP contribution is -2.48. The number of H-pyrrole nitrogens is 1. The number of rotatable bonds is 6. The highest BCUT2D eigenvalue weighted by Gasteiger charge is 2.21. The quantitative estimate of drug-likeness (QED) is 0.369. The molecule has 6 rings (SSSR count). The Balaban J connectivity index is 1.14. The summed E-state index contributed by atoms with van der Waals surface area (Å²) in [5, 5.41) is 4.59. The number of anilines is 1. The van der Waals surface area contributed by atoms with Crippen LogP contribution < -0.4 is 5.32 Å². The van der Waals surface area contributed by atoms with Crippen LogP contribution in [0.25, 0.3) is 33.3 Å². The molecule has 0 bridgehead atoms. The summed E-state index contributed by atoms with van der Waals surface area (Å²) < 4.78 is 0. The number of carbonyl (C=O) groups excluding carboxylic acids is 1. The molecule has 1 fully saturated rings. The number of carbonyl (C=O) groups is 1. The molecule has 6 nitrogen and oxygen atoms in total. The summed E-state index contributed by atoms with van der Waals surface area (Å²) in [5.74, 6) is 0.712. The Bertz CT molecular complexity index is 1410. The Labute approximate surface area is 218 Å². The molecule has 0 spiro atoms. The van der Waals surface area contributed by atoms with E-state index >= 15 is 0 Å².